The number of carbonyl (C=O) groups excluding carboxylic acids is 1. The lowest BCUT2D eigenvalue weighted by molar-refractivity contribution is 0.0948. The van der Waals surface area contributed by atoms with Crippen LogP contribution < -0.4 is 19.5 Å². The number of benzene rings is 3. The van der Waals surface area contributed by atoms with Gasteiger partial charge in [0.25, 0.3) is 5.91 Å². The Balaban J connectivity index is 1.51. The molecule has 172 valence electrons. The number of amides is 1. The molecule has 1 N–H and O–H groups in total. The molecule has 0 saturated carbocycles. The molecule has 1 heterocycles. The first-order valence-corrected chi connectivity index (χ1v) is 11.8. The van der Waals surface area contributed by atoms with Crippen molar-refractivity contribution in [1.82, 2.24) is 10.2 Å². The van der Waals surface area contributed by atoms with Crippen molar-refractivity contribution in [3.05, 3.63) is 81.8 Å². The number of hydrogen-bond donors (Lipinski definition) is 1. The highest BCUT2D eigenvalue weighted by molar-refractivity contribution is 9.10. The Morgan fingerprint density at radius 1 is 1.00 bits per heavy atom. The van der Waals surface area contributed by atoms with Gasteiger partial charge in [0, 0.05) is 23.1 Å². The van der Waals surface area contributed by atoms with Gasteiger partial charge in [-0.3, -0.25) is 9.69 Å². The molecule has 0 spiro atoms. The number of nitrogens with one attached hydrogen (secondary N) is 1. The zero-order valence-corrected chi connectivity index (χ0v) is 20.4. The zero-order chi connectivity index (χ0) is 23.2. The van der Waals surface area contributed by atoms with E-state index in [0.29, 0.717) is 23.6 Å². The SMILES string of the molecule is CCN(CC)Cc1ccccc1Oc1cc(Br)ccc1C(=O)NCc1ccc2c(c1)OCO2. The molecular weight excluding hydrogens is 484 g/mol. The standard InChI is InChI=1S/C26H27BrN2O4/c1-3-29(4-2)16-19-7-5-6-8-22(19)33-24-14-20(27)10-11-21(24)26(30)28-15-18-9-12-23-25(13-18)32-17-31-23/h5-14H,3-4,15-17H2,1-2H3,(H,28,30). The monoisotopic (exact) mass is 510 g/mol. The van der Waals surface area contributed by atoms with Gasteiger partial charge in [0.05, 0.1) is 5.56 Å². The fourth-order valence-corrected chi connectivity index (χ4v) is 3.98. The maximum Gasteiger partial charge on any atom is 0.255 e. The predicted octanol–water partition coefficient (Wildman–Crippen LogP) is 5.74. The van der Waals surface area contributed by atoms with Crippen LogP contribution in [0.2, 0.25) is 0 Å². The number of halogens is 1. The van der Waals surface area contributed by atoms with Crippen LogP contribution in [0.3, 0.4) is 0 Å². The largest absolute Gasteiger partial charge is 0.456 e. The van der Waals surface area contributed by atoms with Crippen molar-refractivity contribution in [2.45, 2.75) is 26.9 Å². The smallest absolute Gasteiger partial charge is 0.255 e. The molecule has 0 aromatic heterocycles. The molecule has 0 saturated heterocycles. The molecule has 0 unspecified atom stereocenters. The van der Waals surface area contributed by atoms with E-state index in [1.165, 1.54) is 0 Å². The minimum absolute atomic E-state index is 0.212. The molecule has 3 aromatic carbocycles. The van der Waals surface area contributed by atoms with Crippen molar-refractivity contribution in [2.75, 3.05) is 19.9 Å². The average molecular weight is 511 g/mol. The third-order valence-electron chi connectivity index (χ3n) is 5.56. The van der Waals surface area contributed by atoms with Crippen molar-refractivity contribution < 1.29 is 19.0 Å². The van der Waals surface area contributed by atoms with Crippen LogP contribution in [0, 0.1) is 0 Å². The van der Waals surface area contributed by atoms with Gasteiger partial charge in [0.15, 0.2) is 11.5 Å². The number of hydrogen-bond acceptors (Lipinski definition) is 5. The number of ether oxygens (including phenoxy) is 3. The van der Waals surface area contributed by atoms with Gasteiger partial charge in [0.2, 0.25) is 6.79 Å². The molecule has 4 rings (SSSR count). The van der Waals surface area contributed by atoms with Gasteiger partial charge in [-0.1, -0.05) is 54.0 Å². The molecule has 3 aromatic rings. The Hall–Kier alpha value is -3.03. The summed E-state index contributed by atoms with van der Waals surface area (Å²) >= 11 is 3.50. The van der Waals surface area contributed by atoms with E-state index in [1.807, 2.05) is 48.5 Å². The highest BCUT2D eigenvalue weighted by atomic mass is 79.9. The molecular formula is C26H27BrN2O4. The summed E-state index contributed by atoms with van der Waals surface area (Å²) in [5.74, 6) is 2.44. The highest BCUT2D eigenvalue weighted by Crippen LogP contribution is 2.33. The Bertz CT molecular complexity index is 1130. The van der Waals surface area contributed by atoms with E-state index in [2.05, 4.69) is 46.1 Å². The first-order valence-electron chi connectivity index (χ1n) is 11.0. The Morgan fingerprint density at radius 2 is 1.79 bits per heavy atom. The lowest BCUT2D eigenvalue weighted by atomic mass is 10.1. The van der Waals surface area contributed by atoms with Gasteiger partial charge < -0.3 is 19.5 Å². The van der Waals surface area contributed by atoms with Crippen molar-refractivity contribution in [2.24, 2.45) is 0 Å². The molecule has 1 aliphatic rings. The first kappa shape index (κ1) is 23.1. The molecule has 0 aliphatic carbocycles. The zero-order valence-electron chi connectivity index (χ0n) is 18.8. The van der Waals surface area contributed by atoms with Gasteiger partial charge in [-0.05, 0) is 55.1 Å². The van der Waals surface area contributed by atoms with E-state index in [1.54, 1.807) is 6.07 Å². The van der Waals surface area contributed by atoms with Crippen LogP contribution >= 0.6 is 15.9 Å². The van der Waals surface area contributed by atoms with Crippen molar-refractivity contribution in [1.29, 1.82) is 0 Å². The van der Waals surface area contributed by atoms with Crippen LogP contribution in [0.15, 0.2) is 65.1 Å². The first-order chi connectivity index (χ1) is 16.1. The number of nitrogens with zero attached hydrogens (tertiary/aromatic N) is 1. The molecule has 1 aliphatic heterocycles. The van der Waals surface area contributed by atoms with Crippen LogP contribution in [-0.4, -0.2) is 30.7 Å². The van der Waals surface area contributed by atoms with Gasteiger partial charge >= 0.3 is 0 Å². The molecule has 33 heavy (non-hydrogen) atoms. The number of rotatable bonds is 9. The lowest BCUT2D eigenvalue weighted by Crippen LogP contribution is -2.23. The summed E-state index contributed by atoms with van der Waals surface area (Å²) in [5.41, 5.74) is 2.47. The van der Waals surface area contributed by atoms with Crippen molar-refractivity contribution >= 4 is 21.8 Å². The van der Waals surface area contributed by atoms with Crippen molar-refractivity contribution in [3.63, 3.8) is 0 Å². The van der Waals surface area contributed by atoms with E-state index in [0.717, 1.165) is 46.7 Å². The fraction of sp³-hybridized carbons (Fsp3) is 0.269. The maximum absolute atomic E-state index is 13.1. The second kappa shape index (κ2) is 10.7. The van der Waals surface area contributed by atoms with Crippen LogP contribution in [0.4, 0.5) is 0 Å². The van der Waals surface area contributed by atoms with E-state index < -0.39 is 0 Å². The van der Waals surface area contributed by atoms with Crippen LogP contribution in [0.5, 0.6) is 23.0 Å². The Morgan fingerprint density at radius 3 is 2.61 bits per heavy atom. The minimum Gasteiger partial charge on any atom is -0.456 e. The third-order valence-corrected chi connectivity index (χ3v) is 6.05. The summed E-state index contributed by atoms with van der Waals surface area (Å²) in [6.07, 6.45) is 0. The van der Waals surface area contributed by atoms with Gasteiger partial charge in [-0.2, -0.15) is 0 Å². The minimum atomic E-state index is -0.212. The molecule has 0 fully saturated rings. The van der Waals surface area contributed by atoms with Crippen LogP contribution in [-0.2, 0) is 13.1 Å². The second-order valence-electron chi connectivity index (χ2n) is 7.68. The number of fused-ring (bicyclic) bond motifs is 1. The third kappa shape index (κ3) is 5.67. The lowest BCUT2D eigenvalue weighted by Gasteiger charge is -2.20. The molecule has 1 amide bonds. The van der Waals surface area contributed by atoms with Gasteiger partial charge in [-0.25, -0.2) is 0 Å². The topological polar surface area (TPSA) is 60.0 Å². The Labute approximate surface area is 202 Å². The van der Waals surface area contributed by atoms with Gasteiger partial charge in [-0.15, -0.1) is 0 Å². The average Bonchev–Trinajstić information content (AvgIpc) is 3.30. The summed E-state index contributed by atoms with van der Waals surface area (Å²) in [4.78, 5) is 15.4. The van der Waals surface area contributed by atoms with Gasteiger partial charge in [0.1, 0.15) is 11.5 Å². The molecule has 0 atom stereocenters. The molecule has 6 nitrogen and oxygen atoms in total. The Kier molecular flexibility index (Phi) is 7.52. The van der Waals surface area contributed by atoms with Crippen LogP contribution in [0.25, 0.3) is 0 Å². The van der Waals surface area contributed by atoms with E-state index >= 15 is 0 Å². The maximum atomic E-state index is 13.1. The van der Waals surface area contributed by atoms with E-state index in [9.17, 15) is 4.79 Å². The van der Waals surface area contributed by atoms with E-state index in [4.69, 9.17) is 14.2 Å². The fourth-order valence-electron chi connectivity index (χ4n) is 3.64. The quantitative estimate of drug-likeness (QED) is 0.397. The normalized spacial score (nSPS) is 12.1. The highest BCUT2D eigenvalue weighted by Gasteiger charge is 2.17. The molecule has 7 heteroatoms. The van der Waals surface area contributed by atoms with E-state index in [-0.39, 0.29) is 12.7 Å². The summed E-state index contributed by atoms with van der Waals surface area (Å²) in [5, 5.41) is 2.98. The number of carbonyl (C=O) groups is 1. The second-order valence-corrected chi connectivity index (χ2v) is 8.60. The van der Waals surface area contributed by atoms with Crippen molar-refractivity contribution in [3.8, 4) is 23.0 Å². The predicted molar refractivity (Wildman–Crippen MR) is 131 cm³/mol. The summed E-state index contributed by atoms with van der Waals surface area (Å²) in [6, 6.07) is 19.0. The van der Waals surface area contributed by atoms with Crippen LogP contribution in [0.1, 0.15) is 35.3 Å². The summed E-state index contributed by atoms with van der Waals surface area (Å²) < 4.78 is 17.9. The summed E-state index contributed by atoms with van der Waals surface area (Å²) in [7, 11) is 0. The molecule has 0 radical (unpaired) electrons. The molecule has 0 bridgehead atoms. The summed E-state index contributed by atoms with van der Waals surface area (Å²) in [6.45, 7) is 7.56. The number of para-hydroxylation sites is 1.